The number of halogens is 2. The minimum atomic E-state index is -2.35. The van der Waals surface area contributed by atoms with Crippen molar-refractivity contribution in [3.63, 3.8) is 0 Å². The maximum atomic E-state index is 12.0. The molecule has 1 rings (SSSR count). The molecule has 19 heavy (non-hydrogen) atoms. The predicted octanol–water partition coefficient (Wildman–Crippen LogP) is 3.85. The van der Waals surface area contributed by atoms with E-state index in [0.29, 0.717) is 18.6 Å². The molecule has 0 radical (unpaired) electrons. The van der Waals surface area contributed by atoms with Gasteiger partial charge < -0.3 is 10.1 Å². The molecule has 1 aliphatic rings. The molecule has 0 saturated heterocycles. The lowest BCUT2D eigenvalue weighted by atomic mass is 9.77. The first-order valence-corrected chi connectivity index (χ1v) is 7.76. The van der Waals surface area contributed by atoms with Gasteiger partial charge >= 0.3 is 0 Å². The van der Waals surface area contributed by atoms with Gasteiger partial charge in [-0.05, 0) is 37.6 Å². The van der Waals surface area contributed by atoms with Crippen LogP contribution in [-0.4, -0.2) is 32.2 Å². The van der Waals surface area contributed by atoms with Gasteiger partial charge in [-0.15, -0.1) is 0 Å². The molecular weight excluding hydrogens is 248 g/mol. The second kappa shape index (κ2) is 9.65. The fourth-order valence-corrected chi connectivity index (χ4v) is 3.15. The van der Waals surface area contributed by atoms with Gasteiger partial charge in [0, 0.05) is 12.6 Å². The zero-order valence-corrected chi connectivity index (χ0v) is 12.3. The van der Waals surface area contributed by atoms with E-state index >= 15 is 0 Å². The van der Waals surface area contributed by atoms with Crippen LogP contribution in [0.4, 0.5) is 8.78 Å². The lowest BCUT2D eigenvalue weighted by Crippen LogP contribution is -2.39. The Hall–Kier alpha value is -0.220. The van der Waals surface area contributed by atoms with Crippen molar-refractivity contribution < 1.29 is 13.5 Å². The monoisotopic (exact) mass is 277 g/mol. The third-order valence-corrected chi connectivity index (χ3v) is 4.32. The molecule has 1 aliphatic carbocycles. The predicted molar refractivity (Wildman–Crippen MR) is 74.6 cm³/mol. The van der Waals surface area contributed by atoms with Gasteiger partial charge in [-0.1, -0.05) is 33.1 Å². The van der Waals surface area contributed by atoms with Crippen molar-refractivity contribution in [1.82, 2.24) is 5.32 Å². The van der Waals surface area contributed by atoms with Gasteiger partial charge in [0.2, 0.25) is 0 Å². The van der Waals surface area contributed by atoms with E-state index < -0.39 is 13.0 Å². The summed E-state index contributed by atoms with van der Waals surface area (Å²) in [6.07, 6.45) is 4.97. The van der Waals surface area contributed by atoms with Crippen LogP contribution in [0.5, 0.6) is 0 Å². The van der Waals surface area contributed by atoms with Crippen molar-refractivity contribution >= 4 is 0 Å². The molecule has 0 aromatic rings. The van der Waals surface area contributed by atoms with E-state index in [1.165, 1.54) is 32.1 Å². The van der Waals surface area contributed by atoms with Crippen LogP contribution < -0.4 is 5.32 Å². The maximum Gasteiger partial charge on any atom is 0.261 e. The molecule has 1 saturated carbocycles. The topological polar surface area (TPSA) is 21.3 Å². The zero-order valence-electron chi connectivity index (χ0n) is 12.3. The first-order valence-electron chi connectivity index (χ1n) is 7.76. The van der Waals surface area contributed by atoms with Crippen molar-refractivity contribution in [2.45, 2.75) is 64.8 Å². The third kappa shape index (κ3) is 6.66. The molecular formula is C15H29F2NO. The summed E-state index contributed by atoms with van der Waals surface area (Å²) in [5, 5.41) is 3.51. The Balaban J connectivity index is 2.27. The summed E-state index contributed by atoms with van der Waals surface area (Å²) < 4.78 is 29.0. The minimum Gasteiger partial charge on any atom is -0.375 e. The summed E-state index contributed by atoms with van der Waals surface area (Å²) >= 11 is 0. The number of hydrogen-bond donors (Lipinski definition) is 1. The molecule has 1 N–H and O–H groups in total. The number of alkyl halides is 2. The summed E-state index contributed by atoms with van der Waals surface area (Å²) in [6, 6.07) is 0.431. The maximum absolute atomic E-state index is 12.0. The molecule has 0 bridgehead atoms. The average Bonchev–Trinajstić information content (AvgIpc) is 2.42. The van der Waals surface area contributed by atoms with Crippen LogP contribution in [-0.2, 0) is 4.74 Å². The summed E-state index contributed by atoms with van der Waals surface area (Å²) in [5.74, 6) is 1.59. The van der Waals surface area contributed by atoms with Crippen LogP contribution in [0.25, 0.3) is 0 Å². The van der Waals surface area contributed by atoms with E-state index in [-0.39, 0.29) is 0 Å². The molecule has 0 aromatic carbocycles. The highest BCUT2D eigenvalue weighted by Crippen LogP contribution is 2.33. The van der Waals surface area contributed by atoms with Crippen molar-refractivity contribution in [3.05, 3.63) is 0 Å². The summed E-state index contributed by atoms with van der Waals surface area (Å²) in [7, 11) is 0. The van der Waals surface area contributed by atoms with Crippen LogP contribution in [0.3, 0.4) is 0 Å². The normalized spacial score (nSPS) is 25.7. The van der Waals surface area contributed by atoms with Gasteiger partial charge in [0.25, 0.3) is 6.43 Å². The number of nitrogens with one attached hydrogen (secondary N) is 1. The van der Waals surface area contributed by atoms with E-state index in [2.05, 4.69) is 19.2 Å². The molecule has 1 unspecified atom stereocenters. The molecule has 4 heteroatoms. The Morgan fingerprint density at radius 1 is 1.16 bits per heavy atom. The fraction of sp³-hybridized carbons (Fsp3) is 1.00. The van der Waals surface area contributed by atoms with Gasteiger partial charge in [-0.2, -0.15) is 0 Å². The summed E-state index contributed by atoms with van der Waals surface area (Å²) in [6.45, 7) is 5.32. The molecule has 1 fully saturated rings. The van der Waals surface area contributed by atoms with Crippen molar-refractivity contribution in [3.8, 4) is 0 Å². The fourth-order valence-electron chi connectivity index (χ4n) is 3.15. The Labute approximate surface area is 116 Å². The Morgan fingerprint density at radius 2 is 1.84 bits per heavy atom. The zero-order chi connectivity index (χ0) is 14.1. The molecule has 0 spiro atoms. The smallest absolute Gasteiger partial charge is 0.261 e. The second-order valence-corrected chi connectivity index (χ2v) is 5.61. The van der Waals surface area contributed by atoms with Crippen LogP contribution in [0.2, 0.25) is 0 Å². The largest absolute Gasteiger partial charge is 0.375 e. The molecule has 0 heterocycles. The Morgan fingerprint density at radius 3 is 2.37 bits per heavy atom. The van der Waals surface area contributed by atoms with Gasteiger partial charge in [0.05, 0.1) is 0 Å². The van der Waals surface area contributed by atoms with E-state index in [1.807, 2.05) is 0 Å². The van der Waals surface area contributed by atoms with E-state index in [1.54, 1.807) is 0 Å². The van der Waals surface area contributed by atoms with Crippen LogP contribution in [0.15, 0.2) is 0 Å². The summed E-state index contributed by atoms with van der Waals surface area (Å²) in [5.41, 5.74) is 0. The molecule has 0 amide bonds. The highest BCUT2D eigenvalue weighted by Gasteiger charge is 2.26. The van der Waals surface area contributed by atoms with Gasteiger partial charge in [0.15, 0.2) is 0 Å². The van der Waals surface area contributed by atoms with Crippen molar-refractivity contribution in [2.24, 2.45) is 11.8 Å². The quantitative estimate of drug-likeness (QED) is 0.646. The van der Waals surface area contributed by atoms with Crippen LogP contribution in [0, 0.1) is 11.8 Å². The van der Waals surface area contributed by atoms with Crippen molar-refractivity contribution in [1.29, 1.82) is 0 Å². The minimum absolute atomic E-state index is 0.429. The molecule has 0 aromatic heterocycles. The number of rotatable bonds is 9. The standard InChI is InChI=1S/C15H29F2NO/c1-3-12-5-7-13(8-6-12)14(18-4-2)9-10-19-11-15(16)17/h12-15,18H,3-11H2,1-2H3. The van der Waals surface area contributed by atoms with Crippen molar-refractivity contribution in [2.75, 3.05) is 19.8 Å². The SMILES string of the molecule is CCNC(CCOCC(F)F)C1CCC(CC)CC1. The second-order valence-electron chi connectivity index (χ2n) is 5.61. The lowest BCUT2D eigenvalue weighted by Gasteiger charge is -2.34. The lowest BCUT2D eigenvalue weighted by molar-refractivity contribution is 0.0118. The molecule has 1 atom stereocenters. The van der Waals surface area contributed by atoms with Gasteiger partial charge in [0.1, 0.15) is 6.61 Å². The summed E-state index contributed by atoms with van der Waals surface area (Å²) in [4.78, 5) is 0. The van der Waals surface area contributed by atoms with Crippen LogP contribution >= 0.6 is 0 Å². The Kier molecular flexibility index (Phi) is 8.55. The number of hydrogen-bond acceptors (Lipinski definition) is 2. The third-order valence-electron chi connectivity index (χ3n) is 4.32. The molecule has 2 nitrogen and oxygen atoms in total. The van der Waals surface area contributed by atoms with Gasteiger partial charge in [-0.25, -0.2) is 8.78 Å². The number of ether oxygens (including phenoxy) is 1. The van der Waals surface area contributed by atoms with E-state index in [9.17, 15) is 8.78 Å². The van der Waals surface area contributed by atoms with E-state index in [4.69, 9.17) is 4.74 Å². The van der Waals surface area contributed by atoms with E-state index in [0.717, 1.165) is 18.9 Å². The van der Waals surface area contributed by atoms with Crippen LogP contribution in [0.1, 0.15) is 52.4 Å². The Bertz CT molecular complexity index is 218. The molecule has 0 aliphatic heterocycles. The highest BCUT2D eigenvalue weighted by atomic mass is 19.3. The van der Waals surface area contributed by atoms with Gasteiger partial charge in [-0.3, -0.25) is 0 Å². The first kappa shape index (κ1) is 16.8. The highest BCUT2D eigenvalue weighted by molar-refractivity contribution is 4.81. The first-order chi connectivity index (χ1) is 9.17. The molecule has 114 valence electrons. The average molecular weight is 277 g/mol.